The van der Waals surface area contributed by atoms with Gasteiger partial charge in [-0.05, 0) is 23.3 Å². The van der Waals surface area contributed by atoms with Gasteiger partial charge in [0.05, 0.1) is 26.7 Å². The zero-order chi connectivity index (χ0) is 19.9. The maximum atomic E-state index is 12.7. The fraction of sp³-hybridized carbons (Fsp3) is 0.409. The van der Waals surface area contributed by atoms with Crippen LogP contribution in [-0.4, -0.2) is 67.8 Å². The van der Waals surface area contributed by atoms with Gasteiger partial charge in [-0.15, -0.1) is 0 Å². The highest BCUT2D eigenvalue weighted by atomic mass is 16.5. The number of β-amino-alcohol motifs (C(OH)–C–C–N with tert-alkyl or cyclic N) is 1. The van der Waals surface area contributed by atoms with E-state index in [1.165, 1.54) is 0 Å². The maximum absolute atomic E-state index is 12.7. The lowest BCUT2D eigenvalue weighted by Gasteiger charge is -2.35. The van der Waals surface area contributed by atoms with Gasteiger partial charge < -0.3 is 19.5 Å². The third-order valence-electron chi connectivity index (χ3n) is 5.14. The molecular formula is C22H28N2O4. The fourth-order valence-corrected chi connectivity index (χ4v) is 3.48. The summed E-state index contributed by atoms with van der Waals surface area (Å²) < 4.78 is 10.6. The topological polar surface area (TPSA) is 62.2 Å². The molecule has 0 aliphatic carbocycles. The Bertz CT molecular complexity index is 773. The van der Waals surface area contributed by atoms with Gasteiger partial charge in [0.2, 0.25) is 5.91 Å². The summed E-state index contributed by atoms with van der Waals surface area (Å²) in [6.45, 7) is 3.46. The van der Waals surface area contributed by atoms with E-state index in [0.29, 0.717) is 37.6 Å². The van der Waals surface area contributed by atoms with Crippen LogP contribution in [0.3, 0.4) is 0 Å². The molecule has 2 aromatic carbocycles. The Hall–Kier alpha value is -2.57. The maximum Gasteiger partial charge on any atom is 0.227 e. The van der Waals surface area contributed by atoms with Crippen molar-refractivity contribution in [3.05, 3.63) is 59.7 Å². The van der Waals surface area contributed by atoms with Gasteiger partial charge in [-0.2, -0.15) is 0 Å². The lowest BCUT2D eigenvalue weighted by molar-refractivity contribution is -0.132. The Morgan fingerprint density at radius 1 is 1.00 bits per heavy atom. The number of carbonyl (C=O) groups excluding carboxylic acids is 1. The number of piperazine rings is 1. The molecule has 28 heavy (non-hydrogen) atoms. The molecule has 0 aromatic heterocycles. The van der Waals surface area contributed by atoms with Crippen LogP contribution >= 0.6 is 0 Å². The third-order valence-corrected chi connectivity index (χ3v) is 5.14. The molecule has 0 bridgehead atoms. The van der Waals surface area contributed by atoms with E-state index in [1.54, 1.807) is 14.2 Å². The van der Waals surface area contributed by atoms with Crippen LogP contribution in [0.4, 0.5) is 0 Å². The smallest absolute Gasteiger partial charge is 0.227 e. The molecule has 3 rings (SSSR count). The Kier molecular flexibility index (Phi) is 6.90. The minimum atomic E-state index is -0.504. The van der Waals surface area contributed by atoms with Gasteiger partial charge in [0.1, 0.15) is 0 Å². The molecule has 1 atom stereocenters. The molecule has 1 heterocycles. The average molecular weight is 384 g/mol. The van der Waals surface area contributed by atoms with Crippen LogP contribution in [0.25, 0.3) is 0 Å². The van der Waals surface area contributed by atoms with Gasteiger partial charge in [-0.25, -0.2) is 0 Å². The first kappa shape index (κ1) is 20.2. The van der Waals surface area contributed by atoms with Crippen LogP contribution in [0.5, 0.6) is 11.5 Å². The number of nitrogens with zero attached hydrogens (tertiary/aromatic N) is 2. The van der Waals surface area contributed by atoms with Gasteiger partial charge in [0.15, 0.2) is 11.5 Å². The summed E-state index contributed by atoms with van der Waals surface area (Å²) in [6, 6.07) is 15.3. The zero-order valence-electron chi connectivity index (χ0n) is 16.5. The van der Waals surface area contributed by atoms with E-state index in [0.717, 1.165) is 24.2 Å². The third kappa shape index (κ3) is 5.03. The van der Waals surface area contributed by atoms with Crippen LogP contribution < -0.4 is 9.47 Å². The second kappa shape index (κ2) is 9.57. The van der Waals surface area contributed by atoms with Crippen LogP contribution in [-0.2, 0) is 11.2 Å². The van der Waals surface area contributed by atoms with Crippen molar-refractivity contribution in [3.8, 4) is 11.5 Å². The summed E-state index contributed by atoms with van der Waals surface area (Å²) in [5.41, 5.74) is 1.83. The number of hydrogen-bond donors (Lipinski definition) is 1. The second-order valence-corrected chi connectivity index (χ2v) is 6.97. The molecule has 0 saturated carbocycles. The fourth-order valence-electron chi connectivity index (χ4n) is 3.48. The second-order valence-electron chi connectivity index (χ2n) is 6.97. The number of methoxy groups -OCH3 is 2. The van der Waals surface area contributed by atoms with Crippen molar-refractivity contribution in [3.63, 3.8) is 0 Å². The summed E-state index contributed by atoms with van der Waals surface area (Å²) >= 11 is 0. The summed E-state index contributed by atoms with van der Waals surface area (Å²) in [6.07, 6.45) is -0.164. The van der Waals surface area contributed by atoms with Crippen molar-refractivity contribution < 1.29 is 19.4 Å². The highest BCUT2D eigenvalue weighted by Gasteiger charge is 2.23. The van der Waals surface area contributed by atoms with E-state index in [-0.39, 0.29) is 5.91 Å². The van der Waals surface area contributed by atoms with E-state index >= 15 is 0 Å². The molecule has 1 fully saturated rings. The van der Waals surface area contributed by atoms with Crippen molar-refractivity contribution >= 4 is 5.91 Å². The minimum absolute atomic E-state index is 0.107. The number of benzene rings is 2. The predicted molar refractivity (Wildman–Crippen MR) is 108 cm³/mol. The van der Waals surface area contributed by atoms with Gasteiger partial charge >= 0.3 is 0 Å². The number of aliphatic hydroxyl groups is 1. The monoisotopic (exact) mass is 384 g/mol. The molecule has 150 valence electrons. The number of carbonyl (C=O) groups is 1. The Labute approximate surface area is 166 Å². The molecule has 1 amide bonds. The molecule has 1 aliphatic rings. The molecule has 6 nitrogen and oxygen atoms in total. The molecule has 0 radical (unpaired) electrons. The van der Waals surface area contributed by atoms with E-state index in [4.69, 9.17) is 9.47 Å². The summed E-state index contributed by atoms with van der Waals surface area (Å²) in [7, 11) is 3.18. The largest absolute Gasteiger partial charge is 0.493 e. The number of hydrogen-bond acceptors (Lipinski definition) is 5. The normalized spacial score (nSPS) is 15.9. The van der Waals surface area contributed by atoms with E-state index < -0.39 is 6.10 Å². The lowest BCUT2D eigenvalue weighted by atomic mass is 10.1. The van der Waals surface area contributed by atoms with Crippen LogP contribution in [0.1, 0.15) is 17.2 Å². The van der Waals surface area contributed by atoms with Crippen LogP contribution in [0, 0.1) is 0 Å². The van der Waals surface area contributed by atoms with Gasteiger partial charge in [0.25, 0.3) is 0 Å². The lowest BCUT2D eigenvalue weighted by Crippen LogP contribution is -2.50. The van der Waals surface area contributed by atoms with Crippen molar-refractivity contribution in [2.45, 2.75) is 12.5 Å². The molecular weight excluding hydrogens is 356 g/mol. The molecule has 2 aromatic rings. The molecule has 6 heteroatoms. The number of ether oxygens (including phenoxy) is 2. The highest BCUT2D eigenvalue weighted by molar-refractivity contribution is 5.79. The Balaban J connectivity index is 1.50. The molecule has 1 unspecified atom stereocenters. The molecule has 1 aliphatic heterocycles. The van der Waals surface area contributed by atoms with Crippen LogP contribution in [0.2, 0.25) is 0 Å². The first-order valence-corrected chi connectivity index (χ1v) is 9.54. The summed E-state index contributed by atoms with van der Waals surface area (Å²) in [5, 5.41) is 10.4. The minimum Gasteiger partial charge on any atom is -0.493 e. The number of amides is 1. The SMILES string of the molecule is COc1ccc(CC(=O)N2CCN(CC(O)c3ccccc3)CC2)cc1OC. The highest BCUT2D eigenvalue weighted by Crippen LogP contribution is 2.28. The van der Waals surface area contributed by atoms with Crippen molar-refractivity contribution in [2.24, 2.45) is 0 Å². The first-order valence-electron chi connectivity index (χ1n) is 9.54. The van der Waals surface area contributed by atoms with Crippen molar-refractivity contribution in [2.75, 3.05) is 46.9 Å². The number of rotatable bonds is 7. The predicted octanol–water partition coefficient (Wildman–Crippen LogP) is 2.12. The van der Waals surface area contributed by atoms with E-state index in [2.05, 4.69) is 4.90 Å². The van der Waals surface area contributed by atoms with Gasteiger partial charge in [-0.3, -0.25) is 9.69 Å². The van der Waals surface area contributed by atoms with Crippen LogP contribution in [0.15, 0.2) is 48.5 Å². The zero-order valence-corrected chi connectivity index (χ0v) is 16.5. The van der Waals surface area contributed by atoms with Crippen molar-refractivity contribution in [1.29, 1.82) is 0 Å². The first-order chi connectivity index (χ1) is 13.6. The Morgan fingerprint density at radius 3 is 2.32 bits per heavy atom. The summed E-state index contributed by atoms with van der Waals surface area (Å²) in [5.74, 6) is 1.40. The van der Waals surface area contributed by atoms with Gasteiger partial charge in [-0.1, -0.05) is 36.4 Å². The van der Waals surface area contributed by atoms with Gasteiger partial charge in [0, 0.05) is 32.7 Å². The van der Waals surface area contributed by atoms with E-state index in [1.807, 2.05) is 53.4 Å². The standard InChI is InChI=1S/C22H28N2O4/c1-27-20-9-8-17(14-21(20)28-2)15-22(26)24-12-10-23(11-13-24)16-19(25)18-6-4-3-5-7-18/h3-9,14,19,25H,10-13,15-16H2,1-2H3. The molecule has 1 saturated heterocycles. The summed E-state index contributed by atoms with van der Waals surface area (Å²) in [4.78, 5) is 16.8. The average Bonchev–Trinajstić information content (AvgIpc) is 2.74. The molecule has 1 N–H and O–H groups in total. The number of aliphatic hydroxyl groups excluding tert-OH is 1. The van der Waals surface area contributed by atoms with Crippen molar-refractivity contribution in [1.82, 2.24) is 9.80 Å². The Morgan fingerprint density at radius 2 is 1.68 bits per heavy atom. The molecule has 0 spiro atoms. The quantitative estimate of drug-likeness (QED) is 0.792. The van der Waals surface area contributed by atoms with E-state index in [9.17, 15) is 9.90 Å².